The minimum Gasteiger partial charge on any atom is -0.349 e. The molecule has 0 spiro atoms. The average Bonchev–Trinajstić information content (AvgIpc) is 3.16. The molecule has 0 saturated carbocycles. The number of nitrogens with one attached hydrogen (secondary N) is 1. The van der Waals surface area contributed by atoms with Crippen LogP contribution in [0.4, 0.5) is 0 Å². The van der Waals surface area contributed by atoms with Gasteiger partial charge in [0.25, 0.3) is 5.91 Å². The van der Waals surface area contributed by atoms with E-state index >= 15 is 0 Å². The van der Waals surface area contributed by atoms with E-state index < -0.39 is 17.5 Å². The SMILES string of the molecule is C=CCN(C(=O)c1csnn1)[C@@H](C(=O)NC(C)(C)CC)c1ccccn1. The average molecular weight is 373 g/mol. The molecule has 8 heteroatoms. The summed E-state index contributed by atoms with van der Waals surface area (Å²) in [4.78, 5) is 31.7. The Morgan fingerprint density at radius 1 is 1.42 bits per heavy atom. The predicted molar refractivity (Wildman–Crippen MR) is 101 cm³/mol. The summed E-state index contributed by atoms with van der Waals surface area (Å²) in [6.07, 6.45) is 3.92. The molecule has 2 amide bonds. The summed E-state index contributed by atoms with van der Waals surface area (Å²) < 4.78 is 3.74. The second-order valence-corrected chi connectivity index (χ2v) is 7.03. The van der Waals surface area contributed by atoms with Gasteiger partial charge in [-0.1, -0.05) is 23.6 Å². The van der Waals surface area contributed by atoms with Gasteiger partial charge >= 0.3 is 0 Å². The lowest BCUT2D eigenvalue weighted by atomic mass is 10.00. The highest BCUT2D eigenvalue weighted by atomic mass is 32.1. The van der Waals surface area contributed by atoms with Crippen molar-refractivity contribution >= 4 is 23.3 Å². The van der Waals surface area contributed by atoms with Crippen molar-refractivity contribution < 1.29 is 9.59 Å². The maximum atomic E-state index is 13.1. The number of hydrogen-bond donors (Lipinski definition) is 1. The summed E-state index contributed by atoms with van der Waals surface area (Å²) in [7, 11) is 0. The molecule has 0 bridgehead atoms. The highest BCUT2D eigenvalue weighted by Crippen LogP contribution is 2.23. The largest absolute Gasteiger partial charge is 0.349 e. The molecule has 2 aromatic rings. The Kier molecular flexibility index (Phi) is 6.57. The zero-order valence-electron chi connectivity index (χ0n) is 15.2. The first-order chi connectivity index (χ1) is 12.4. The van der Waals surface area contributed by atoms with E-state index in [1.165, 1.54) is 4.90 Å². The van der Waals surface area contributed by atoms with E-state index in [-0.39, 0.29) is 18.1 Å². The van der Waals surface area contributed by atoms with Crippen molar-refractivity contribution in [1.29, 1.82) is 0 Å². The van der Waals surface area contributed by atoms with E-state index in [1.807, 2.05) is 20.8 Å². The topological polar surface area (TPSA) is 88.1 Å². The molecule has 0 fully saturated rings. The van der Waals surface area contributed by atoms with E-state index in [2.05, 4.69) is 26.5 Å². The predicted octanol–water partition coefficient (Wildman–Crippen LogP) is 2.61. The Labute approximate surface area is 157 Å². The molecule has 0 radical (unpaired) electrons. The first-order valence-corrected chi connectivity index (χ1v) is 9.15. The molecule has 26 heavy (non-hydrogen) atoms. The second kappa shape index (κ2) is 8.66. The molecule has 2 heterocycles. The summed E-state index contributed by atoms with van der Waals surface area (Å²) in [5.41, 5.74) is 0.269. The fourth-order valence-electron chi connectivity index (χ4n) is 2.31. The van der Waals surface area contributed by atoms with E-state index in [0.717, 1.165) is 18.0 Å². The number of rotatable bonds is 8. The van der Waals surface area contributed by atoms with Gasteiger partial charge in [0, 0.05) is 23.7 Å². The minimum atomic E-state index is -0.894. The van der Waals surface area contributed by atoms with Gasteiger partial charge in [0.05, 0.1) is 5.69 Å². The Morgan fingerprint density at radius 3 is 2.73 bits per heavy atom. The number of amides is 2. The smallest absolute Gasteiger partial charge is 0.276 e. The van der Waals surface area contributed by atoms with Gasteiger partial charge in [-0.15, -0.1) is 11.7 Å². The van der Waals surface area contributed by atoms with Gasteiger partial charge in [-0.3, -0.25) is 14.6 Å². The van der Waals surface area contributed by atoms with Crippen LogP contribution in [-0.2, 0) is 4.79 Å². The van der Waals surface area contributed by atoms with Crippen LogP contribution in [0.3, 0.4) is 0 Å². The quantitative estimate of drug-likeness (QED) is 0.719. The Hall–Kier alpha value is -2.61. The van der Waals surface area contributed by atoms with Crippen LogP contribution in [0.2, 0.25) is 0 Å². The van der Waals surface area contributed by atoms with Gasteiger partial charge in [-0.2, -0.15) is 0 Å². The summed E-state index contributed by atoms with van der Waals surface area (Å²) >= 11 is 1.08. The molecule has 138 valence electrons. The highest BCUT2D eigenvalue weighted by molar-refractivity contribution is 7.03. The van der Waals surface area contributed by atoms with Crippen molar-refractivity contribution in [2.75, 3.05) is 6.54 Å². The number of carbonyl (C=O) groups is 2. The molecular formula is C18H23N5O2S. The fraction of sp³-hybridized carbons (Fsp3) is 0.389. The second-order valence-electron chi connectivity index (χ2n) is 6.42. The first-order valence-electron chi connectivity index (χ1n) is 8.31. The van der Waals surface area contributed by atoms with Crippen molar-refractivity contribution in [3.8, 4) is 0 Å². The van der Waals surface area contributed by atoms with Crippen LogP contribution in [0, 0.1) is 0 Å². The van der Waals surface area contributed by atoms with Gasteiger partial charge in [0.2, 0.25) is 5.91 Å². The number of hydrogen-bond acceptors (Lipinski definition) is 6. The molecule has 2 aromatic heterocycles. The van der Waals surface area contributed by atoms with E-state index in [1.54, 1.807) is 35.9 Å². The van der Waals surface area contributed by atoms with Gasteiger partial charge in [-0.05, 0) is 43.9 Å². The van der Waals surface area contributed by atoms with Gasteiger partial charge < -0.3 is 10.2 Å². The molecule has 0 aliphatic carbocycles. The number of aromatic nitrogens is 3. The summed E-state index contributed by atoms with van der Waals surface area (Å²) in [5.74, 6) is -0.687. The standard InChI is InChI=1S/C18H23N5O2S/c1-5-11-23(17(25)14-12-26-22-21-14)15(13-9-7-8-10-19-13)16(24)20-18(3,4)6-2/h5,7-10,12,15H,1,6,11H2,2-4H3,(H,20,24)/t15-/m1/s1. The van der Waals surface area contributed by atoms with Gasteiger partial charge in [0.1, 0.15) is 0 Å². The van der Waals surface area contributed by atoms with E-state index in [0.29, 0.717) is 5.69 Å². The lowest BCUT2D eigenvalue weighted by Crippen LogP contribution is -2.50. The third kappa shape index (κ3) is 4.72. The molecule has 7 nitrogen and oxygen atoms in total. The van der Waals surface area contributed by atoms with Crippen LogP contribution in [0.25, 0.3) is 0 Å². The van der Waals surface area contributed by atoms with Crippen molar-refractivity contribution in [1.82, 2.24) is 24.8 Å². The molecular weight excluding hydrogens is 350 g/mol. The zero-order chi connectivity index (χ0) is 19.2. The zero-order valence-corrected chi connectivity index (χ0v) is 16.0. The normalized spacial score (nSPS) is 12.3. The van der Waals surface area contributed by atoms with Crippen molar-refractivity contribution in [3.05, 3.63) is 53.8 Å². The van der Waals surface area contributed by atoms with Crippen LogP contribution in [-0.4, -0.2) is 43.4 Å². The summed E-state index contributed by atoms with van der Waals surface area (Å²) in [5, 5.41) is 8.40. The first kappa shape index (κ1) is 19.7. The van der Waals surface area contributed by atoms with Crippen LogP contribution >= 0.6 is 11.5 Å². The fourth-order valence-corrected chi connectivity index (χ4v) is 2.74. The number of nitrogens with zero attached hydrogens (tertiary/aromatic N) is 4. The maximum Gasteiger partial charge on any atom is 0.276 e. The molecule has 2 rings (SSSR count). The Bertz CT molecular complexity index is 746. The Balaban J connectivity index is 2.44. The third-order valence-corrected chi connectivity index (χ3v) is 4.54. The van der Waals surface area contributed by atoms with Gasteiger partial charge in [0.15, 0.2) is 11.7 Å². The van der Waals surface area contributed by atoms with Crippen LogP contribution < -0.4 is 5.32 Å². The van der Waals surface area contributed by atoms with Crippen LogP contribution in [0.5, 0.6) is 0 Å². The summed E-state index contributed by atoms with van der Waals surface area (Å²) in [6.45, 7) is 9.75. The van der Waals surface area contributed by atoms with Crippen molar-refractivity contribution in [3.63, 3.8) is 0 Å². The number of carbonyl (C=O) groups excluding carboxylic acids is 2. The van der Waals surface area contributed by atoms with E-state index in [4.69, 9.17) is 0 Å². The molecule has 1 N–H and O–H groups in total. The van der Waals surface area contributed by atoms with Crippen LogP contribution in [0.1, 0.15) is 49.4 Å². The number of pyridine rings is 1. The molecule has 0 unspecified atom stereocenters. The highest BCUT2D eigenvalue weighted by Gasteiger charge is 2.35. The third-order valence-electron chi connectivity index (χ3n) is 4.04. The van der Waals surface area contributed by atoms with Crippen molar-refractivity contribution in [2.24, 2.45) is 0 Å². The van der Waals surface area contributed by atoms with E-state index in [9.17, 15) is 9.59 Å². The molecule has 0 aliphatic rings. The van der Waals surface area contributed by atoms with Crippen LogP contribution in [0.15, 0.2) is 42.4 Å². The van der Waals surface area contributed by atoms with Gasteiger partial charge in [-0.25, -0.2) is 0 Å². The lowest BCUT2D eigenvalue weighted by Gasteiger charge is -2.33. The molecule has 0 aliphatic heterocycles. The van der Waals surface area contributed by atoms with Crippen molar-refractivity contribution in [2.45, 2.75) is 38.8 Å². The lowest BCUT2D eigenvalue weighted by molar-refractivity contribution is -0.127. The summed E-state index contributed by atoms with van der Waals surface area (Å²) in [6, 6.07) is 4.38. The maximum absolute atomic E-state index is 13.1. The monoisotopic (exact) mass is 373 g/mol. The minimum absolute atomic E-state index is 0.178. The molecule has 1 atom stereocenters. The molecule has 0 aromatic carbocycles. The Morgan fingerprint density at radius 2 is 2.19 bits per heavy atom. The molecule has 0 saturated heterocycles.